The number of hydrogen-bond acceptors (Lipinski definition) is 4. The summed E-state index contributed by atoms with van der Waals surface area (Å²) in [6.07, 6.45) is 1.47. The molecular formula is C17H18ClN3O2S. The number of para-hydroxylation sites is 2. The van der Waals surface area contributed by atoms with E-state index >= 15 is 0 Å². The summed E-state index contributed by atoms with van der Waals surface area (Å²) in [6, 6.07) is 11.1. The molecule has 0 saturated carbocycles. The Bertz CT molecular complexity index is 754. The molecule has 0 radical (unpaired) electrons. The van der Waals surface area contributed by atoms with Crippen LogP contribution < -0.4 is 16.0 Å². The van der Waals surface area contributed by atoms with Crippen molar-refractivity contribution in [1.29, 1.82) is 0 Å². The van der Waals surface area contributed by atoms with Crippen molar-refractivity contribution in [2.45, 2.75) is 12.8 Å². The number of thiophene rings is 1. The zero-order valence-corrected chi connectivity index (χ0v) is 14.6. The third-order valence-electron chi connectivity index (χ3n) is 4.19. The van der Waals surface area contributed by atoms with Gasteiger partial charge in [0.1, 0.15) is 0 Å². The van der Waals surface area contributed by atoms with Crippen molar-refractivity contribution in [3.05, 3.63) is 45.6 Å². The molecule has 5 nitrogen and oxygen atoms in total. The summed E-state index contributed by atoms with van der Waals surface area (Å²) in [6.45, 7) is 1.48. The summed E-state index contributed by atoms with van der Waals surface area (Å²) in [5, 5.41) is 2.95. The van der Waals surface area contributed by atoms with Gasteiger partial charge in [-0.3, -0.25) is 9.59 Å². The van der Waals surface area contributed by atoms with Crippen LogP contribution in [-0.4, -0.2) is 24.9 Å². The molecule has 0 spiro atoms. The van der Waals surface area contributed by atoms with E-state index in [1.54, 1.807) is 12.1 Å². The zero-order chi connectivity index (χ0) is 17.1. The number of carbonyl (C=O) groups is 2. The Morgan fingerprint density at radius 1 is 1.17 bits per heavy atom. The highest BCUT2D eigenvalue weighted by Crippen LogP contribution is 2.31. The molecule has 0 aliphatic carbocycles. The van der Waals surface area contributed by atoms with Crippen LogP contribution >= 0.6 is 22.9 Å². The molecule has 2 heterocycles. The predicted molar refractivity (Wildman–Crippen MR) is 97.9 cm³/mol. The van der Waals surface area contributed by atoms with Gasteiger partial charge in [-0.2, -0.15) is 0 Å². The molecule has 0 bridgehead atoms. The van der Waals surface area contributed by atoms with Crippen LogP contribution in [0.3, 0.4) is 0 Å². The highest BCUT2D eigenvalue weighted by Gasteiger charge is 2.24. The summed E-state index contributed by atoms with van der Waals surface area (Å²) in [5.41, 5.74) is 7.10. The number of nitrogens with two attached hydrogens (primary N) is 1. The monoisotopic (exact) mass is 363 g/mol. The van der Waals surface area contributed by atoms with E-state index in [4.69, 9.17) is 17.3 Å². The number of benzene rings is 1. The second-order valence-electron chi connectivity index (χ2n) is 5.74. The van der Waals surface area contributed by atoms with Crippen molar-refractivity contribution in [1.82, 2.24) is 0 Å². The number of carbonyl (C=O) groups excluding carboxylic acids is 2. The normalized spacial score (nSPS) is 15.3. The fourth-order valence-corrected chi connectivity index (χ4v) is 3.82. The van der Waals surface area contributed by atoms with Crippen LogP contribution in [-0.2, 0) is 4.79 Å². The molecule has 1 fully saturated rings. The highest BCUT2D eigenvalue weighted by atomic mass is 35.5. The smallest absolute Gasteiger partial charge is 0.265 e. The molecule has 0 unspecified atom stereocenters. The lowest BCUT2D eigenvalue weighted by molar-refractivity contribution is -0.122. The van der Waals surface area contributed by atoms with Crippen LogP contribution in [0.4, 0.5) is 11.4 Å². The number of rotatable bonds is 4. The van der Waals surface area contributed by atoms with Gasteiger partial charge in [0.05, 0.1) is 20.6 Å². The molecule has 0 atom stereocenters. The van der Waals surface area contributed by atoms with Gasteiger partial charge in [0.25, 0.3) is 5.91 Å². The molecule has 126 valence electrons. The van der Waals surface area contributed by atoms with Gasteiger partial charge in [-0.15, -0.1) is 11.3 Å². The van der Waals surface area contributed by atoms with Crippen molar-refractivity contribution in [2.24, 2.45) is 11.7 Å². The minimum Gasteiger partial charge on any atom is -0.370 e. The summed E-state index contributed by atoms with van der Waals surface area (Å²) in [4.78, 5) is 26.4. The standard InChI is InChI=1S/C17H18ClN3O2S/c18-15-6-5-14(24-15)17(23)20-12-3-1-2-4-13(12)21-9-7-11(8-10-21)16(19)22/h1-6,11H,7-10H2,(H2,19,22)(H,20,23). The molecule has 24 heavy (non-hydrogen) atoms. The van der Waals surface area contributed by atoms with Gasteiger partial charge in [-0.05, 0) is 37.1 Å². The molecule has 3 N–H and O–H groups in total. The summed E-state index contributed by atoms with van der Waals surface area (Å²) >= 11 is 7.14. The van der Waals surface area contributed by atoms with Crippen molar-refractivity contribution in [3.63, 3.8) is 0 Å². The van der Waals surface area contributed by atoms with E-state index in [0.29, 0.717) is 9.21 Å². The number of primary amides is 1. The topological polar surface area (TPSA) is 75.4 Å². The van der Waals surface area contributed by atoms with E-state index in [0.717, 1.165) is 37.3 Å². The second kappa shape index (κ2) is 7.23. The van der Waals surface area contributed by atoms with Gasteiger partial charge in [0.2, 0.25) is 5.91 Å². The minimum atomic E-state index is -0.231. The largest absolute Gasteiger partial charge is 0.370 e. The van der Waals surface area contributed by atoms with Gasteiger partial charge < -0.3 is 16.0 Å². The lowest BCUT2D eigenvalue weighted by atomic mass is 9.96. The van der Waals surface area contributed by atoms with Crippen molar-refractivity contribution in [2.75, 3.05) is 23.3 Å². The zero-order valence-electron chi connectivity index (χ0n) is 13.0. The maximum Gasteiger partial charge on any atom is 0.265 e. The maximum atomic E-state index is 12.4. The van der Waals surface area contributed by atoms with E-state index in [1.165, 1.54) is 11.3 Å². The molecule has 1 aromatic heterocycles. The first-order chi connectivity index (χ1) is 11.5. The number of nitrogens with zero attached hydrogens (tertiary/aromatic N) is 1. The Labute approximate surface area is 149 Å². The first-order valence-corrected chi connectivity index (χ1v) is 8.94. The molecule has 2 amide bonds. The fraction of sp³-hybridized carbons (Fsp3) is 0.294. The summed E-state index contributed by atoms with van der Waals surface area (Å²) in [5.74, 6) is -0.464. The van der Waals surface area contributed by atoms with Gasteiger partial charge in [-0.1, -0.05) is 23.7 Å². The SMILES string of the molecule is NC(=O)C1CCN(c2ccccc2NC(=O)c2ccc(Cl)s2)CC1. The van der Waals surface area contributed by atoms with E-state index in [-0.39, 0.29) is 17.7 Å². The molecule has 1 aromatic carbocycles. The average Bonchev–Trinajstić information content (AvgIpc) is 3.02. The van der Waals surface area contributed by atoms with Crippen LogP contribution in [0.5, 0.6) is 0 Å². The maximum absolute atomic E-state index is 12.4. The molecule has 7 heteroatoms. The van der Waals surface area contributed by atoms with Crippen LogP contribution in [0.15, 0.2) is 36.4 Å². The van der Waals surface area contributed by atoms with Gasteiger partial charge in [-0.25, -0.2) is 0 Å². The summed E-state index contributed by atoms with van der Waals surface area (Å²) < 4.78 is 0.585. The van der Waals surface area contributed by atoms with E-state index < -0.39 is 0 Å². The van der Waals surface area contributed by atoms with Crippen LogP contribution in [0.1, 0.15) is 22.5 Å². The number of nitrogens with one attached hydrogen (secondary N) is 1. The minimum absolute atomic E-state index is 0.0590. The molecule has 1 saturated heterocycles. The Kier molecular flexibility index (Phi) is 5.06. The predicted octanol–water partition coefficient (Wildman–Crippen LogP) is 3.36. The van der Waals surface area contributed by atoms with Crippen molar-refractivity contribution in [3.8, 4) is 0 Å². The van der Waals surface area contributed by atoms with Crippen LogP contribution in [0.2, 0.25) is 4.34 Å². The van der Waals surface area contributed by atoms with E-state index in [2.05, 4.69) is 10.2 Å². The van der Waals surface area contributed by atoms with Crippen LogP contribution in [0.25, 0.3) is 0 Å². The quantitative estimate of drug-likeness (QED) is 0.874. The van der Waals surface area contributed by atoms with Gasteiger partial charge >= 0.3 is 0 Å². The van der Waals surface area contributed by atoms with E-state index in [1.807, 2.05) is 24.3 Å². The number of halogens is 1. The Morgan fingerprint density at radius 2 is 1.88 bits per heavy atom. The number of hydrogen-bond donors (Lipinski definition) is 2. The third-order valence-corrected chi connectivity index (χ3v) is 5.42. The first kappa shape index (κ1) is 16.8. The molecule has 2 aromatic rings. The molecule has 3 rings (SSSR count). The van der Waals surface area contributed by atoms with Crippen molar-refractivity contribution >= 4 is 46.1 Å². The van der Waals surface area contributed by atoms with E-state index in [9.17, 15) is 9.59 Å². The lowest BCUT2D eigenvalue weighted by Crippen LogP contribution is -2.38. The highest BCUT2D eigenvalue weighted by molar-refractivity contribution is 7.18. The van der Waals surface area contributed by atoms with Gasteiger partial charge in [0.15, 0.2) is 0 Å². The van der Waals surface area contributed by atoms with Gasteiger partial charge in [0, 0.05) is 19.0 Å². The molecule has 1 aliphatic rings. The molecular weight excluding hydrogens is 346 g/mol. The summed E-state index contributed by atoms with van der Waals surface area (Å²) in [7, 11) is 0. The first-order valence-electron chi connectivity index (χ1n) is 7.74. The van der Waals surface area contributed by atoms with Crippen LogP contribution in [0, 0.1) is 5.92 Å². The third kappa shape index (κ3) is 3.71. The Hall–Kier alpha value is -2.05. The number of piperidine rings is 1. The lowest BCUT2D eigenvalue weighted by Gasteiger charge is -2.33. The Morgan fingerprint density at radius 3 is 2.50 bits per heavy atom. The molecule has 1 aliphatic heterocycles. The fourth-order valence-electron chi connectivity index (χ4n) is 2.88. The second-order valence-corrected chi connectivity index (χ2v) is 7.45. The van der Waals surface area contributed by atoms with Crippen molar-refractivity contribution < 1.29 is 9.59 Å². The number of amides is 2. The number of anilines is 2. The Balaban J connectivity index is 1.74. The average molecular weight is 364 g/mol.